The van der Waals surface area contributed by atoms with E-state index in [0.29, 0.717) is 18.9 Å². The minimum atomic E-state index is -1.26. The molecule has 2 N–H and O–H groups in total. The van der Waals surface area contributed by atoms with Gasteiger partial charge in [-0.25, -0.2) is 0 Å². The molecule has 0 aromatic carbocycles. The number of ether oxygens (including phenoxy) is 1. The summed E-state index contributed by atoms with van der Waals surface area (Å²) in [6.07, 6.45) is 11.9. The van der Waals surface area contributed by atoms with Crippen LogP contribution in [0.4, 0.5) is 0 Å². The highest BCUT2D eigenvalue weighted by Gasteiger charge is 2.50. The van der Waals surface area contributed by atoms with E-state index in [4.69, 9.17) is 4.74 Å². The lowest BCUT2D eigenvalue weighted by Gasteiger charge is -2.24. The Morgan fingerprint density at radius 2 is 2.12 bits per heavy atom. The summed E-state index contributed by atoms with van der Waals surface area (Å²) in [5, 5.41) is 19.9. The van der Waals surface area contributed by atoms with Crippen LogP contribution >= 0.6 is 0 Å². The molecule has 0 spiro atoms. The van der Waals surface area contributed by atoms with Gasteiger partial charge in [0.25, 0.3) is 0 Å². The van der Waals surface area contributed by atoms with Crippen molar-refractivity contribution in [3.63, 3.8) is 0 Å². The van der Waals surface area contributed by atoms with Crippen molar-refractivity contribution >= 4 is 6.29 Å². The molecule has 134 valence electrons. The minimum absolute atomic E-state index is 0.0452. The molecule has 0 aromatic heterocycles. The van der Waals surface area contributed by atoms with E-state index in [1.165, 1.54) is 5.57 Å². The highest BCUT2D eigenvalue weighted by molar-refractivity contribution is 5.73. The fourth-order valence-corrected chi connectivity index (χ4v) is 3.23. The summed E-state index contributed by atoms with van der Waals surface area (Å²) in [4.78, 5) is 11.3. The maximum atomic E-state index is 11.3. The third-order valence-electron chi connectivity index (χ3n) is 5.29. The zero-order chi connectivity index (χ0) is 17.8. The second kappa shape index (κ2) is 7.77. The molecule has 24 heavy (non-hydrogen) atoms. The van der Waals surface area contributed by atoms with Gasteiger partial charge in [0.15, 0.2) is 0 Å². The number of fused-ring (bicyclic) bond motifs is 1. The molecule has 2 rings (SSSR count). The quantitative estimate of drug-likeness (QED) is 0.614. The Kier molecular flexibility index (Phi) is 6.18. The van der Waals surface area contributed by atoms with Gasteiger partial charge in [0.2, 0.25) is 0 Å². The lowest BCUT2D eigenvalue weighted by molar-refractivity contribution is -0.105. The van der Waals surface area contributed by atoms with Gasteiger partial charge in [0.1, 0.15) is 11.9 Å². The lowest BCUT2D eigenvalue weighted by Crippen LogP contribution is -2.31. The van der Waals surface area contributed by atoms with E-state index in [0.717, 1.165) is 43.1 Å². The Labute approximate surface area is 144 Å². The predicted molar refractivity (Wildman–Crippen MR) is 94.7 cm³/mol. The van der Waals surface area contributed by atoms with Gasteiger partial charge in [-0.15, -0.1) is 0 Å². The van der Waals surface area contributed by atoms with Gasteiger partial charge in [0, 0.05) is 0 Å². The van der Waals surface area contributed by atoms with Gasteiger partial charge in [-0.1, -0.05) is 23.8 Å². The number of aliphatic hydroxyl groups excluding tert-OH is 1. The second-order valence-corrected chi connectivity index (χ2v) is 7.53. The normalized spacial score (nSPS) is 38.0. The molecule has 3 unspecified atom stereocenters. The van der Waals surface area contributed by atoms with E-state index in [1.54, 1.807) is 6.92 Å². The number of hydrogen-bond acceptors (Lipinski definition) is 4. The van der Waals surface area contributed by atoms with Crippen LogP contribution in [-0.4, -0.2) is 40.4 Å². The smallest absolute Gasteiger partial charge is 0.145 e. The molecule has 1 saturated heterocycles. The van der Waals surface area contributed by atoms with Crippen LogP contribution in [0.15, 0.2) is 34.9 Å². The standard InChI is InChI=1S/C20H30O4/c1-15-6-9-17(19(2,23)14-22)10-8-16(13-21)5-4-12-20(3)18(24-20)11-7-15/h5-6,9,13,18,22-23H,4,7-8,10-12,14H2,1-3H3/b15-6+,16-5-,17-9+. The SMILES string of the molecule is C/C1=C\C=C(\C(C)(O)CO)CC/C(C=O)=C/CCC2(C)OC2CC1. The van der Waals surface area contributed by atoms with Crippen molar-refractivity contribution in [3.05, 3.63) is 34.9 Å². The summed E-state index contributed by atoms with van der Waals surface area (Å²) < 4.78 is 5.86. The minimum Gasteiger partial charge on any atom is -0.393 e. The van der Waals surface area contributed by atoms with Gasteiger partial charge in [-0.2, -0.15) is 0 Å². The number of aliphatic hydroxyl groups is 2. The van der Waals surface area contributed by atoms with Gasteiger partial charge >= 0.3 is 0 Å². The first-order chi connectivity index (χ1) is 11.3. The molecule has 0 saturated carbocycles. The fourth-order valence-electron chi connectivity index (χ4n) is 3.23. The van der Waals surface area contributed by atoms with E-state index in [2.05, 4.69) is 13.8 Å². The zero-order valence-corrected chi connectivity index (χ0v) is 15.0. The Morgan fingerprint density at radius 1 is 1.38 bits per heavy atom. The second-order valence-electron chi connectivity index (χ2n) is 7.53. The Bertz CT molecular complexity index is 556. The Balaban J connectivity index is 2.23. The third-order valence-corrected chi connectivity index (χ3v) is 5.29. The van der Waals surface area contributed by atoms with Crippen LogP contribution < -0.4 is 0 Å². The van der Waals surface area contributed by atoms with Crippen molar-refractivity contribution in [1.29, 1.82) is 0 Å². The van der Waals surface area contributed by atoms with Gasteiger partial charge < -0.3 is 14.9 Å². The number of hydrogen-bond donors (Lipinski definition) is 2. The summed E-state index contributed by atoms with van der Waals surface area (Å²) in [6.45, 7) is 5.50. The largest absolute Gasteiger partial charge is 0.393 e. The van der Waals surface area contributed by atoms with Crippen molar-refractivity contribution < 1.29 is 19.7 Å². The Morgan fingerprint density at radius 3 is 2.79 bits per heavy atom. The molecule has 0 bridgehead atoms. The first-order valence-electron chi connectivity index (χ1n) is 8.83. The van der Waals surface area contributed by atoms with Crippen LogP contribution in [0.25, 0.3) is 0 Å². The summed E-state index contributed by atoms with van der Waals surface area (Å²) in [5.74, 6) is 0. The molecule has 0 amide bonds. The summed E-state index contributed by atoms with van der Waals surface area (Å²) in [7, 11) is 0. The van der Waals surface area contributed by atoms with E-state index < -0.39 is 5.60 Å². The number of epoxide rings is 1. The first kappa shape index (κ1) is 19.1. The molecule has 1 heterocycles. The number of allylic oxidation sites excluding steroid dienone is 5. The highest BCUT2D eigenvalue weighted by Crippen LogP contribution is 2.43. The van der Waals surface area contributed by atoms with Crippen LogP contribution in [0.3, 0.4) is 0 Å². The number of aldehydes is 1. The highest BCUT2D eigenvalue weighted by atomic mass is 16.6. The van der Waals surface area contributed by atoms with Crippen LogP contribution in [-0.2, 0) is 9.53 Å². The van der Waals surface area contributed by atoms with E-state index in [-0.39, 0.29) is 12.2 Å². The monoisotopic (exact) mass is 334 g/mol. The van der Waals surface area contributed by atoms with Crippen LogP contribution in [0.5, 0.6) is 0 Å². The summed E-state index contributed by atoms with van der Waals surface area (Å²) >= 11 is 0. The molecule has 2 aliphatic rings. The zero-order valence-electron chi connectivity index (χ0n) is 15.0. The molecule has 3 atom stereocenters. The number of carbonyl (C=O) groups excluding carboxylic acids is 1. The molecule has 4 nitrogen and oxygen atoms in total. The van der Waals surface area contributed by atoms with Crippen LogP contribution in [0.1, 0.15) is 59.3 Å². The fraction of sp³-hybridized carbons (Fsp3) is 0.650. The molecule has 1 aliphatic carbocycles. The van der Waals surface area contributed by atoms with Crippen molar-refractivity contribution in [3.8, 4) is 0 Å². The summed E-state index contributed by atoms with van der Waals surface area (Å²) in [5.41, 5.74) is 1.41. The van der Waals surface area contributed by atoms with Crippen LogP contribution in [0, 0.1) is 0 Å². The van der Waals surface area contributed by atoms with E-state index >= 15 is 0 Å². The van der Waals surface area contributed by atoms with Crippen molar-refractivity contribution in [1.82, 2.24) is 0 Å². The first-order valence-corrected chi connectivity index (χ1v) is 8.83. The molecular weight excluding hydrogens is 304 g/mol. The molecular formula is C20H30O4. The van der Waals surface area contributed by atoms with E-state index in [1.807, 2.05) is 18.2 Å². The molecule has 4 heteroatoms. The van der Waals surface area contributed by atoms with Crippen molar-refractivity contribution in [2.45, 2.75) is 76.6 Å². The van der Waals surface area contributed by atoms with Crippen molar-refractivity contribution in [2.75, 3.05) is 6.61 Å². The van der Waals surface area contributed by atoms with Gasteiger partial charge in [0.05, 0.1) is 18.3 Å². The third kappa shape index (κ3) is 4.88. The maximum Gasteiger partial charge on any atom is 0.145 e. The molecule has 1 aliphatic heterocycles. The van der Waals surface area contributed by atoms with Crippen molar-refractivity contribution in [2.24, 2.45) is 0 Å². The van der Waals surface area contributed by atoms with Crippen LogP contribution in [0.2, 0.25) is 0 Å². The average molecular weight is 334 g/mol. The van der Waals surface area contributed by atoms with Gasteiger partial charge in [-0.3, -0.25) is 4.79 Å². The number of rotatable bonds is 3. The average Bonchev–Trinajstić information content (AvgIpc) is 3.20. The topological polar surface area (TPSA) is 70.1 Å². The molecule has 0 aromatic rings. The molecule has 0 radical (unpaired) electrons. The Hall–Kier alpha value is -1.23. The maximum absolute atomic E-state index is 11.3. The predicted octanol–water partition coefficient (Wildman–Crippen LogP) is 3.24. The molecule has 1 fully saturated rings. The van der Waals surface area contributed by atoms with E-state index in [9.17, 15) is 15.0 Å². The lowest BCUT2D eigenvalue weighted by atomic mass is 9.89. The summed E-state index contributed by atoms with van der Waals surface area (Å²) in [6, 6.07) is 0. The number of carbonyl (C=O) groups is 1. The van der Waals surface area contributed by atoms with Gasteiger partial charge in [-0.05, 0) is 70.4 Å².